The van der Waals surface area contributed by atoms with Gasteiger partial charge in [-0.3, -0.25) is 0 Å². The van der Waals surface area contributed by atoms with E-state index in [1.807, 2.05) is 72.8 Å². The Morgan fingerprint density at radius 2 is 0.423 bits per heavy atom. The molecule has 7 rings (SSSR count). The Labute approximate surface area is 458 Å². The lowest BCUT2D eigenvalue weighted by molar-refractivity contribution is 0.365. The molecule has 0 saturated carbocycles. The Kier molecular flexibility index (Phi) is 19.9. The minimum Gasteiger partial charge on any atom is -0.493 e. The van der Waals surface area contributed by atoms with Gasteiger partial charge in [0.25, 0.3) is 0 Å². The quantitative estimate of drug-likeness (QED) is 0.0312. The Hall–Kier alpha value is -7.95. The van der Waals surface area contributed by atoms with E-state index in [4.69, 9.17) is 69.1 Å². The first-order valence-corrected chi connectivity index (χ1v) is 29.2. The molecule has 1 aliphatic rings. The van der Waals surface area contributed by atoms with Crippen molar-refractivity contribution in [3.63, 3.8) is 0 Å². The van der Waals surface area contributed by atoms with E-state index in [0.717, 1.165) is 33.4 Å². The second kappa shape index (κ2) is 26.9. The molecule has 6 aromatic rings. The first-order chi connectivity index (χ1) is 37.9. The van der Waals surface area contributed by atoms with Gasteiger partial charge in [0, 0.05) is 0 Å². The summed E-state index contributed by atoms with van der Waals surface area (Å²) in [4.78, 5) is 0. The maximum Gasteiger partial charge on any atom is 0.461 e. The number of benzene rings is 6. The summed E-state index contributed by atoms with van der Waals surface area (Å²) in [6, 6.07) is 32.6. The van der Waals surface area contributed by atoms with Gasteiger partial charge in [0.1, 0.15) is 0 Å². The van der Waals surface area contributed by atoms with Gasteiger partial charge in [-0.25, -0.2) is 0 Å². The van der Waals surface area contributed by atoms with Crippen LogP contribution in [0.1, 0.15) is 33.4 Å². The Bertz CT molecular complexity index is 2800. The van der Waals surface area contributed by atoms with Crippen molar-refractivity contribution in [2.45, 2.75) is 38.5 Å². The van der Waals surface area contributed by atoms with E-state index in [0.29, 0.717) is 73.0 Å². The number of methoxy groups -OCH3 is 6. The standard InChI is InChI=1S/C60H66N3O12P3/c1-13-19-43-25-31-49(55(37-43)64-7)70-76(71-50-32-26-44(20-14-2)38-56(50)65-8)61-77(72-51-33-27-45(21-15-3)39-57(51)66-9,73-52-34-28-46(22-16-4)40-58(52)67-10)63-78(62-76,74-53-35-29-47(23-17-5)41-59(53)68-11)75-54-36-30-48(24-18-6)42-60(54)69-12/h13-18,25-42H,1-6,19-24H2,7-12H3. The fourth-order valence-corrected chi connectivity index (χ4v) is 17.1. The molecular formula is C60H66N3O12P3. The molecule has 408 valence electrons. The van der Waals surface area contributed by atoms with Crippen molar-refractivity contribution in [1.82, 2.24) is 0 Å². The molecule has 18 heteroatoms. The third-order valence-electron chi connectivity index (χ3n) is 11.6. The Morgan fingerprint density at radius 1 is 0.269 bits per heavy atom. The van der Waals surface area contributed by atoms with Gasteiger partial charge in [-0.05, 0) is 145 Å². The van der Waals surface area contributed by atoms with Crippen LogP contribution in [0.25, 0.3) is 0 Å². The molecule has 0 fully saturated rings. The lowest BCUT2D eigenvalue weighted by Crippen LogP contribution is -2.12. The molecular weight excluding hydrogens is 1050 g/mol. The van der Waals surface area contributed by atoms with Gasteiger partial charge in [0.2, 0.25) is 0 Å². The topological polar surface area (TPSA) is 148 Å². The highest BCUT2D eigenvalue weighted by Gasteiger charge is 2.50. The predicted molar refractivity (Wildman–Crippen MR) is 313 cm³/mol. The van der Waals surface area contributed by atoms with E-state index in [1.165, 1.54) is 42.7 Å². The van der Waals surface area contributed by atoms with Crippen LogP contribution in [0.2, 0.25) is 0 Å². The van der Waals surface area contributed by atoms with Gasteiger partial charge in [0.05, 0.1) is 42.7 Å². The van der Waals surface area contributed by atoms with E-state index >= 15 is 0 Å². The number of rotatable bonds is 30. The van der Waals surface area contributed by atoms with Crippen molar-refractivity contribution in [3.8, 4) is 69.0 Å². The molecule has 0 bridgehead atoms. The Morgan fingerprint density at radius 3 is 0.551 bits per heavy atom. The summed E-state index contributed by atoms with van der Waals surface area (Å²) >= 11 is 0. The lowest BCUT2D eigenvalue weighted by atomic mass is 10.1. The van der Waals surface area contributed by atoms with Gasteiger partial charge in [-0.1, -0.05) is 86.4 Å². The normalized spacial score (nSPS) is 13.5. The average Bonchev–Trinajstić information content (AvgIpc) is 3.54. The van der Waals surface area contributed by atoms with Crippen molar-refractivity contribution in [2.24, 2.45) is 13.5 Å². The zero-order chi connectivity index (χ0) is 55.7. The van der Waals surface area contributed by atoms with Gasteiger partial charge in [-0.15, -0.1) is 39.5 Å². The number of nitrogens with zero attached hydrogens (tertiary/aromatic N) is 3. The molecule has 6 aromatic carbocycles. The zero-order valence-electron chi connectivity index (χ0n) is 44.9. The summed E-state index contributed by atoms with van der Waals surface area (Å²) < 4.78 is 96.7. The van der Waals surface area contributed by atoms with Crippen LogP contribution in [-0.2, 0) is 38.5 Å². The summed E-state index contributed by atoms with van der Waals surface area (Å²) in [6.45, 7) is 23.7. The van der Waals surface area contributed by atoms with Gasteiger partial charge in [-0.2, -0.15) is 0 Å². The van der Waals surface area contributed by atoms with Gasteiger partial charge < -0.3 is 55.6 Å². The molecule has 0 amide bonds. The minimum atomic E-state index is -4.60. The second-order valence-electron chi connectivity index (χ2n) is 17.2. The van der Waals surface area contributed by atoms with Crippen LogP contribution in [0.4, 0.5) is 0 Å². The van der Waals surface area contributed by atoms with Crippen LogP contribution in [0.15, 0.2) is 199 Å². The second-order valence-corrected chi connectivity index (χ2v) is 23.3. The molecule has 1 aliphatic heterocycles. The van der Waals surface area contributed by atoms with Crippen molar-refractivity contribution < 1.29 is 55.6 Å². The monoisotopic (exact) mass is 1110 g/mol. The van der Waals surface area contributed by atoms with Crippen LogP contribution in [0, 0.1) is 0 Å². The first-order valence-electron chi connectivity index (χ1n) is 24.6. The van der Waals surface area contributed by atoms with Crippen LogP contribution in [0.3, 0.4) is 0 Å². The zero-order valence-corrected chi connectivity index (χ0v) is 47.6. The van der Waals surface area contributed by atoms with Crippen LogP contribution in [-0.4, -0.2) is 42.7 Å². The number of allylic oxidation sites excluding steroid dienone is 6. The average molecular weight is 1110 g/mol. The van der Waals surface area contributed by atoms with Gasteiger partial charge >= 0.3 is 23.0 Å². The number of hydrogen-bond acceptors (Lipinski definition) is 15. The lowest BCUT2D eigenvalue weighted by Gasteiger charge is -2.34. The minimum absolute atomic E-state index is 0.168. The van der Waals surface area contributed by atoms with Crippen molar-refractivity contribution in [1.29, 1.82) is 0 Å². The fourth-order valence-electron chi connectivity index (χ4n) is 8.01. The summed E-state index contributed by atoms with van der Waals surface area (Å²) in [5.41, 5.74) is 5.30. The summed E-state index contributed by atoms with van der Waals surface area (Å²) in [6.07, 6.45) is 13.9. The molecule has 0 aromatic heterocycles. The molecule has 15 nitrogen and oxygen atoms in total. The molecule has 0 atom stereocenters. The number of hydrogen-bond donors (Lipinski definition) is 0. The molecule has 0 spiro atoms. The summed E-state index contributed by atoms with van der Waals surface area (Å²) in [5, 5.41) is 0. The highest BCUT2D eigenvalue weighted by molar-refractivity contribution is 7.79. The maximum absolute atomic E-state index is 7.31. The van der Waals surface area contributed by atoms with Gasteiger partial charge in [0.15, 0.2) is 69.0 Å². The third-order valence-corrected chi connectivity index (χ3v) is 19.7. The molecule has 0 saturated heterocycles. The van der Waals surface area contributed by atoms with Crippen LogP contribution >= 0.6 is 23.0 Å². The Balaban J connectivity index is 1.72. The SMILES string of the molecule is C=CCc1ccc(OP2(Oc3ccc(CC=C)cc3OC)=NP(Oc3ccc(CC=C)cc3OC)(Oc3ccc(CC=C)cc3OC)=NP(Oc3ccc(CC=C)cc3OC)(Oc3ccc(CC=C)cc3OC)=N2)c(OC)c1. The molecule has 78 heavy (non-hydrogen) atoms. The highest BCUT2D eigenvalue weighted by Crippen LogP contribution is 2.80. The summed E-state index contributed by atoms with van der Waals surface area (Å²) in [5.74, 6) is 2.89. The van der Waals surface area contributed by atoms with E-state index in [1.54, 1.807) is 72.9 Å². The number of ether oxygens (including phenoxy) is 6. The predicted octanol–water partition coefficient (Wildman–Crippen LogP) is 16.7. The molecule has 1 heterocycles. The third kappa shape index (κ3) is 14.0. The van der Waals surface area contributed by atoms with E-state index in [9.17, 15) is 0 Å². The van der Waals surface area contributed by atoms with Crippen LogP contribution in [0.5, 0.6) is 69.0 Å². The smallest absolute Gasteiger partial charge is 0.461 e. The van der Waals surface area contributed by atoms with E-state index in [-0.39, 0.29) is 34.5 Å². The molecule has 0 radical (unpaired) electrons. The molecule has 0 N–H and O–H groups in total. The maximum atomic E-state index is 7.31. The van der Waals surface area contributed by atoms with Crippen molar-refractivity contribution >= 4 is 23.0 Å². The largest absolute Gasteiger partial charge is 0.493 e. The highest BCUT2D eigenvalue weighted by atomic mass is 31.3. The molecule has 0 aliphatic carbocycles. The first kappa shape index (κ1) is 57.7. The van der Waals surface area contributed by atoms with E-state index in [2.05, 4.69) is 39.5 Å². The van der Waals surface area contributed by atoms with Crippen molar-refractivity contribution in [3.05, 3.63) is 219 Å². The molecule has 0 unspecified atom stereocenters. The summed E-state index contributed by atoms with van der Waals surface area (Å²) in [7, 11) is -4.64. The van der Waals surface area contributed by atoms with Crippen LogP contribution < -0.4 is 55.6 Å². The van der Waals surface area contributed by atoms with Crippen molar-refractivity contribution in [2.75, 3.05) is 42.7 Å². The fraction of sp³-hybridized carbons (Fsp3) is 0.200. The van der Waals surface area contributed by atoms with E-state index < -0.39 is 23.0 Å².